The summed E-state index contributed by atoms with van der Waals surface area (Å²) in [7, 11) is 1.59. The van der Waals surface area contributed by atoms with Crippen molar-refractivity contribution in [1.29, 1.82) is 0 Å². The molecule has 5 aliphatic rings. The molecule has 11 heteroatoms. The molecule has 9 nitrogen and oxygen atoms in total. The molecule has 45 heavy (non-hydrogen) atoms. The third-order valence-electron chi connectivity index (χ3n) is 10.6. The molecule has 2 bridgehead atoms. The van der Waals surface area contributed by atoms with E-state index in [4.69, 9.17) is 9.47 Å². The molecule has 2 saturated heterocycles. The highest BCUT2D eigenvalue weighted by Gasteiger charge is 2.69. The van der Waals surface area contributed by atoms with Gasteiger partial charge in [0.1, 0.15) is 0 Å². The predicted molar refractivity (Wildman–Crippen MR) is 171 cm³/mol. The van der Waals surface area contributed by atoms with Crippen LogP contribution in [0.15, 0.2) is 52.3 Å². The molecule has 4 heterocycles. The van der Waals surface area contributed by atoms with E-state index in [1.807, 2.05) is 54.3 Å². The third-order valence-corrected chi connectivity index (χ3v) is 13.2. The quantitative estimate of drug-likeness (QED) is 0.383. The van der Waals surface area contributed by atoms with Gasteiger partial charge in [-0.3, -0.25) is 24.1 Å². The summed E-state index contributed by atoms with van der Waals surface area (Å²) in [5.74, 6) is 0.0962. The molecule has 3 aliphatic heterocycles. The fourth-order valence-electron chi connectivity index (χ4n) is 8.71. The van der Waals surface area contributed by atoms with Crippen molar-refractivity contribution in [1.82, 2.24) is 9.88 Å². The maximum absolute atomic E-state index is 14.0. The summed E-state index contributed by atoms with van der Waals surface area (Å²) in [6, 6.07) is 13.4. The number of carbonyl (C=O) groups is 3. The summed E-state index contributed by atoms with van der Waals surface area (Å²) in [5.41, 5.74) is 2.69. The molecule has 234 valence electrons. The van der Waals surface area contributed by atoms with Crippen molar-refractivity contribution < 1.29 is 23.9 Å². The van der Waals surface area contributed by atoms with E-state index < -0.39 is 0 Å². The lowest BCUT2D eigenvalue weighted by molar-refractivity contribution is -0.134. The standard InChI is InChI=1S/C34H35N3O6S2/c1-17-6-9-19(10-7-17)37-32(39)27-20-15-21(28(27)33(37)40)29-26(20)25(30-31(44-29)35-34(41)45-30)18-8-11-22(23(14-18)42-2)43-16-24(38)36-12-4-3-5-13-36/h6-11,14,20-21,25-29H,3-5,12-13,15-16H2,1-2H3,(H,35,41)/t20-,21-,25-,26?,27?,28?,29?/m1/s1. The average molecular weight is 646 g/mol. The van der Waals surface area contributed by atoms with Crippen molar-refractivity contribution in [2.75, 3.05) is 31.7 Å². The number of amides is 3. The number of piperidine rings is 1. The van der Waals surface area contributed by atoms with Gasteiger partial charge >= 0.3 is 4.87 Å². The largest absolute Gasteiger partial charge is 0.493 e. The zero-order valence-electron chi connectivity index (χ0n) is 25.2. The molecule has 4 unspecified atom stereocenters. The van der Waals surface area contributed by atoms with Gasteiger partial charge in [-0.05, 0) is 80.2 Å². The van der Waals surface area contributed by atoms with Crippen LogP contribution in [0.25, 0.3) is 0 Å². The molecule has 2 aromatic carbocycles. The average Bonchev–Trinajstić information content (AvgIpc) is 3.79. The lowest BCUT2D eigenvalue weighted by Gasteiger charge is -2.43. The molecule has 3 aromatic rings. The highest BCUT2D eigenvalue weighted by molar-refractivity contribution is 8.00. The summed E-state index contributed by atoms with van der Waals surface area (Å²) >= 11 is 2.90. The van der Waals surface area contributed by atoms with Crippen LogP contribution >= 0.6 is 23.1 Å². The minimum Gasteiger partial charge on any atom is -0.493 e. The van der Waals surface area contributed by atoms with E-state index in [9.17, 15) is 19.2 Å². The Hall–Kier alpha value is -3.57. The molecule has 1 N–H and O–H groups in total. The van der Waals surface area contributed by atoms with Gasteiger partial charge < -0.3 is 19.4 Å². The van der Waals surface area contributed by atoms with Crippen LogP contribution in [0.3, 0.4) is 0 Å². The number of nitrogens with one attached hydrogen (secondary N) is 1. The Labute approximate surface area is 269 Å². The molecular weight excluding hydrogens is 611 g/mol. The Kier molecular flexibility index (Phi) is 7.09. The number of aromatic amines is 1. The Balaban J connectivity index is 1.11. The number of thioether (sulfide) groups is 1. The molecule has 7 atom stereocenters. The molecular formula is C34H35N3O6S2. The van der Waals surface area contributed by atoms with Crippen molar-refractivity contribution in [2.45, 2.75) is 48.8 Å². The number of rotatable bonds is 6. The van der Waals surface area contributed by atoms with E-state index in [1.165, 1.54) is 16.2 Å². The first kappa shape index (κ1) is 28.9. The second kappa shape index (κ2) is 11.0. The molecule has 3 amide bonds. The van der Waals surface area contributed by atoms with Crippen LogP contribution in [0.2, 0.25) is 0 Å². The number of benzene rings is 2. The van der Waals surface area contributed by atoms with Crippen molar-refractivity contribution in [3.8, 4) is 11.5 Å². The number of aryl methyl sites for hydroxylation is 1. The predicted octanol–water partition coefficient (Wildman–Crippen LogP) is 4.82. The van der Waals surface area contributed by atoms with E-state index >= 15 is 0 Å². The van der Waals surface area contributed by atoms with Crippen LogP contribution in [-0.4, -0.2) is 59.7 Å². The summed E-state index contributed by atoms with van der Waals surface area (Å²) in [4.78, 5) is 60.5. The normalized spacial score (nSPS) is 29.9. The van der Waals surface area contributed by atoms with Crippen LogP contribution in [0.4, 0.5) is 5.69 Å². The monoisotopic (exact) mass is 645 g/mol. The SMILES string of the molecule is COc1cc([C@H]2c3sc(=O)[nH]c3SC3C2[C@H]2C[C@@H]3C3C(=O)N(c4ccc(C)cc4)C(=O)C32)ccc1OCC(=O)N1CCCCC1. The maximum Gasteiger partial charge on any atom is 0.305 e. The van der Waals surface area contributed by atoms with Crippen LogP contribution < -0.4 is 19.2 Å². The first-order valence-corrected chi connectivity index (χ1v) is 17.5. The van der Waals surface area contributed by atoms with E-state index in [0.717, 1.165) is 59.8 Å². The fourth-order valence-corrected chi connectivity index (χ4v) is 11.6. The topological polar surface area (TPSA) is 109 Å². The smallest absolute Gasteiger partial charge is 0.305 e. The zero-order valence-corrected chi connectivity index (χ0v) is 26.8. The van der Waals surface area contributed by atoms with Crippen LogP contribution in [0.5, 0.6) is 11.5 Å². The van der Waals surface area contributed by atoms with E-state index in [-0.39, 0.29) is 70.0 Å². The van der Waals surface area contributed by atoms with Gasteiger partial charge in [0, 0.05) is 29.1 Å². The van der Waals surface area contributed by atoms with Gasteiger partial charge in [-0.2, -0.15) is 0 Å². The number of H-pyrrole nitrogens is 1. The van der Waals surface area contributed by atoms with Crippen molar-refractivity contribution in [3.05, 3.63) is 68.1 Å². The summed E-state index contributed by atoms with van der Waals surface area (Å²) in [6.07, 6.45) is 4.01. The minimum atomic E-state index is -0.365. The number of ether oxygens (including phenoxy) is 2. The third kappa shape index (κ3) is 4.56. The molecule has 0 spiro atoms. The number of hydrogen-bond donors (Lipinski definition) is 1. The zero-order chi connectivity index (χ0) is 31.0. The van der Waals surface area contributed by atoms with Crippen LogP contribution in [0, 0.1) is 36.5 Å². The second-order valence-electron chi connectivity index (χ2n) is 12.9. The highest BCUT2D eigenvalue weighted by atomic mass is 32.2. The fraction of sp³-hybridized carbons (Fsp3) is 0.471. The molecule has 8 rings (SSSR count). The van der Waals surface area contributed by atoms with Crippen LogP contribution in [-0.2, 0) is 14.4 Å². The van der Waals surface area contributed by atoms with Gasteiger partial charge in [0.15, 0.2) is 18.1 Å². The minimum absolute atomic E-state index is 0.0174. The number of fused-ring (bicyclic) bond motifs is 9. The number of thiazole rings is 1. The number of aromatic nitrogens is 1. The molecule has 2 aliphatic carbocycles. The summed E-state index contributed by atoms with van der Waals surface area (Å²) < 4.78 is 11.7. The maximum atomic E-state index is 14.0. The Morgan fingerprint density at radius 3 is 2.42 bits per heavy atom. The first-order chi connectivity index (χ1) is 21.8. The lowest BCUT2D eigenvalue weighted by atomic mass is 9.68. The van der Waals surface area contributed by atoms with E-state index in [0.29, 0.717) is 17.2 Å². The Morgan fingerprint density at radius 1 is 0.956 bits per heavy atom. The van der Waals surface area contributed by atoms with E-state index in [1.54, 1.807) is 18.9 Å². The Bertz CT molecular complexity index is 1740. The van der Waals surface area contributed by atoms with Gasteiger partial charge in [-0.25, -0.2) is 0 Å². The molecule has 0 radical (unpaired) electrons. The second-order valence-corrected chi connectivity index (χ2v) is 15.2. The van der Waals surface area contributed by atoms with Gasteiger partial charge in [-0.15, -0.1) is 11.8 Å². The van der Waals surface area contributed by atoms with E-state index in [2.05, 4.69) is 4.98 Å². The van der Waals surface area contributed by atoms with Crippen LogP contribution in [0.1, 0.15) is 47.6 Å². The lowest BCUT2D eigenvalue weighted by Crippen LogP contribution is -2.42. The summed E-state index contributed by atoms with van der Waals surface area (Å²) in [5, 5.41) is 0.955. The number of anilines is 1. The van der Waals surface area contributed by atoms with Crippen molar-refractivity contribution in [3.63, 3.8) is 0 Å². The van der Waals surface area contributed by atoms with Gasteiger partial charge in [0.2, 0.25) is 11.8 Å². The van der Waals surface area contributed by atoms with Gasteiger partial charge in [-0.1, -0.05) is 35.1 Å². The molecule has 1 aromatic heterocycles. The number of likely N-dealkylation sites (tertiary alicyclic amines) is 1. The van der Waals surface area contributed by atoms with Gasteiger partial charge in [0.05, 0.1) is 29.7 Å². The molecule has 2 saturated carbocycles. The van der Waals surface area contributed by atoms with Crippen molar-refractivity contribution in [2.24, 2.45) is 29.6 Å². The van der Waals surface area contributed by atoms with Crippen molar-refractivity contribution >= 4 is 46.5 Å². The number of hydrogen-bond acceptors (Lipinski definition) is 8. The Morgan fingerprint density at radius 2 is 1.69 bits per heavy atom. The molecule has 4 fully saturated rings. The van der Waals surface area contributed by atoms with Gasteiger partial charge in [0.25, 0.3) is 5.91 Å². The highest BCUT2D eigenvalue weighted by Crippen LogP contribution is 2.68. The summed E-state index contributed by atoms with van der Waals surface area (Å²) in [6.45, 7) is 3.47. The number of methoxy groups -OCH3 is 1. The number of carbonyl (C=O) groups excluding carboxylic acids is 3. The first-order valence-electron chi connectivity index (χ1n) is 15.8. The number of imide groups is 1. The number of nitrogens with zero attached hydrogens (tertiary/aromatic N) is 2.